The molecule has 1 unspecified atom stereocenters. The fourth-order valence-corrected chi connectivity index (χ4v) is 2.91. The summed E-state index contributed by atoms with van der Waals surface area (Å²) in [7, 11) is 0. The molecule has 0 aliphatic heterocycles. The zero-order valence-electron chi connectivity index (χ0n) is 7.35. The molecule has 72 valence electrons. The Hall–Kier alpha value is -0.620. The van der Waals surface area contributed by atoms with Gasteiger partial charge in [-0.1, -0.05) is 30.0 Å². The molecule has 0 aliphatic carbocycles. The predicted octanol–water partition coefficient (Wildman–Crippen LogP) is 1.80. The van der Waals surface area contributed by atoms with Gasteiger partial charge < -0.3 is 5.11 Å². The molecule has 13 heavy (non-hydrogen) atoms. The first-order valence-corrected chi connectivity index (χ1v) is 5.46. The van der Waals surface area contributed by atoms with Gasteiger partial charge in [-0.05, 0) is 6.92 Å². The first-order valence-electron chi connectivity index (χ1n) is 3.76. The number of carbonyl (C=O) groups is 1. The number of hydrogen-bond acceptors (Lipinski definition) is 5. The third-order valence-corrected chi connectivity index (χ3v) is 3.30. The topological polar surface area (TPSA) is 63.1 Å². The summed E-state index contributed by atoms with van der Waals surface area (Å²) in [5.74, 6) is -0.777. The maximum atomic E-state index is 10.4. The molecule has 1 heterocycles. The minimum Gasteiger partial charge on any atom is -0.481 e. The van der Waals surface area contributed by atoms with Crippen molar-refractivity contribution in [3.8, 4) is 0 Å². The highest BCUT2D eigenvalue weighted by molar-refractivity contribution is 8.01. The number of aliphatic carboxylic acids is 1. The van der Waals surface area contributed by atoms with Crippen LogP contribution in [0.25, 0.3) is 0 Å². The molecule has 1 aromatic rings. The van der Waals surface area contributed by atoms with Crippen molar-refractivity contribution in [3.05, 3.63) is 5.01 Å². The van der Waals surface area contributed by atoms with E-state index in [-0.39, 0.29) is 11.7 Å². The average Bonchev–Trinajstić information content (AvgIpc) is 2.33. The molecule has 0 saturated heterocycles. The molecule has 1 atom stereocenters. The number of aryl methyl sites for hydroxylation is 1. The van der Waals surface area contributed by atoms with Crippen molar-refractivity contribution in [2.24, 2.45) is 0 Å². The van der Waals surface area contributed by atoms with Crippen molar-refractivity contribution in [1.29, 1.82) is 0 Å². The summed E-state index contributed by atoms with van der Waals surface area (Å²) in [4.78, 5) is 10.4. The summed E-state index contributed by atoms with van der Waals surface area (Å²) in [5, 5.41) is 17.2. The molecule has 4 nitrogen and oxygen atoms in total. The number of nitrogens with zero attached hydrogens (tertiary/aromatic N) is 2. The van der Waals surface area contributed by atoms with Crippen LogP contribution in [0, 0.1) is 6.92 Å². The molecule has 0 fully saturated rings. The second-order valence-corrected chi connectivity index (χ2v) is 5.48. The molecule has 1 N–H and O–H groups in total. The Kier molecular flexibility index (Phi) is 3.68. The Morgan fingerprint density at radius 2 is 2.38 bits per heavy atom. The predicted molar refractivity (Wildman–Crippen MR) is 52.2 cm³/mol. The van der Waals surface area contributed by atoms with Crippen LogP contribution in [-0.2, 0) is 4.79 Å². The van der Waals surface area contributed by atoms with Crippen LogP contribution in [0.3, 0.4) is 0 Å². The van der Waals surface area contributed by atoms with Gasteiger partial charge in [-0.15, -0.1) is 10.2 Å². The van der Waals surface area contributed by atoms with Crippen molar-refractivity contribution in [2.45, 2.75) is 29.9 Å². The number of thioether (sulfide) groups is 1. The van der Waals surface area contributed by atoms with Crippen LogP contribution in [-0.4, -0.2) is 26.5 Å². The van der Waals surface area contributed by atoms with Crippen LogP contribution in [0.1, 0.15) is 18.4 Å². The Morgan fingerprint density at radius 1 is 1.69 bits per heavy atom. The Labute approximate surface area is 84.4 Å². The highest BCUT2D eigenvalue weighted by atomic mass is 32.2. The van der Waals surface area contributed by atoms with Crippen molar-refractivity contribution in [3.63, 3.8) is 0 Å². The summed E-state index contributed by atoms with van der Waals surface area (Å²) in [6.45, 7) is 3.75. The van der Waals surface area contributed by atoms with Gasteiger partial charge in [0.05, 0.1) is 6.42 Å². The molecule has 1 aromatic heterocycles. The summed E-state index contributed by atoms with van der Waals surface area (Å²) in [6, 6.07) is 0. The minimum atomic E-state index is -0.777. The number of carboxylic acid groups (broad SMARTS) is 1. The number of hydrogen-bond donors (Lipinski definition) is 1. The highest BCUT2D eigenvalue weighted by Crippen LogP contribution is 2.27. The van der Waals surface area contributed by atoms with E-state index < -0.39 is 5.97 Å². The normalized spacial score (nSPS) is 12.8. The molecule has 6 heteroatoms. The smallest absolute Gasteiger partial charge is 0.304 e. The van der Waals surface area contributed by atoms with Gasteiger partial charge in [0.1, 0.15) is 5.01 Å². The van der Waals surface area contributed by atoms with Gasteiger partial charge in [0.2, 0.25) is 0 Å². The van der Waals surface area contributed by atoms with Gasteiger partial charge in [-0.25, -0.2) is 0 Å². The van der Waals surface area contributed by atoms with Gasteiger partial charge >= 0.3 is 5.97 Å². The molecule has 0 saturated carbocycles. The van der Waals surface area contributed by atoms with E-state index in [0.29, 0.717) is 0 Å². The molecule has 0 amide bonds. The van der Waals surface area contributed by atoms with Crippen LogP contribution in [0.4, 0.5) is 0 Å². The van der Waals surface area contributed by atoms with Gasteiger partial charge in [0, 0.05) is 5.25 Å². The Morgan fingerprint density at radius 3 is 2.85 bits per heavy atom. The Balaban J connectivity index is 2.44. The van der Waals surface area contributed by atoms with E-state index in [4.69, 9.17) is 5.11 Å². The highest BCUT2D eigenvalue weighted by Gasteiger charge is 2.11. The second kappa shape index (κ2) is 4.57. The summed E-state index contributed by atoms with van der Waals surface area (Å²) in [6.07, 6.45) is 0.156. The number of rotatable bonds is 4. The number of carboxylic acids is 1. The zero-order chi connectivity index (χ0) is 9.84. The zero-order valence-corrected chi connectivity index (χ0v) is 8.98. The minimum absolute atomic E-state index is 0.0462. The summed E-state index contributed by atoms with van der Waals surface area (Å²) in [5.41, 5.74) is 0. The summed E-state index contributed by atoms with van der Waals surface area (Å²) < 4.78 is 0.839. The summed E-state index contributed by atoms with van der Waals surface area (Å²) >= 11 is 2.95. The lowest BCUT2D eigenvalue weighted by atomic mass is 10.3. The van der Waals surface area contributed by atoms with Crippen molar-refractivity contribution < 1.29 is 9.90 Å². The third-order valence-electron chi connectivity index (χ3n) is 1.27. The van der Waals surface area contributed by atoms with Crippen LogP contribution in [0.2, 0.25) is 0 Å². The lowest BCUT2D eigenvalue weighted by Crippen LogP contribution is -2.05. The fourth-order valence-electron chi connectivity index (χ4n) is 0.786. The number of aromatic nitrogens is 2. The molecule has 0 aromatic carbocycles. The lowest BCUT2D eigenvalue weighted by Gasteiger charge is -2.03. The van der Waals surface area contributed by atoms with E-state index in [1.165, 1.54) is 23.1 Å². The van der Waals surface area contributed by atoms with Gasteiger partial charge in [-0.2, -0.15) is 0 Å². The largest absolute Gasteiger partial charge is 0.481 e. The first kappa shape index (κ1) is 10.5. The Bertz CT molecular complexity index is 300. The van der Waals surface area contributed by atoms with Crippen LogP contribution in [0.15, 0.2) is 4.34 Å². The quantitative estimate of drug-likeness (QED) is 0.781. The molecule has 0 spiro atoms. The van der Waals surface area contributed by atoms with E-state index in [1.54, 1.807) is 0 Å². The van der Waals surface area contributed by atoms with E-state index >= 15 is 0 Å². The molecule has 0 radical (unpaired) electrons. The van der Waals surface area contributed by atoms with Crippen molar-refractivity contribution in [1.82, 2.24) is 10.2 Å². The van der Waals surface area contributed by atoms with E-state index in [9.17, 15) is 4.79 Å². The van der Waals surface area contributed by atoms with E-state index in [1.807, 2.05) is 13.8 Å². The van der Waals surface area contributed by atoms with Crippen LogP contribution in [0.5, 0.6) is 0 Å². The average molecular weight is 218 g/mol. The van der Waals surface area contributed by atoms with Gasteiger partial charge in [0.15, 0.2) is 4.34 Å². The third kappa shape index (κ3) is 3.73. The standard InChI is InChI=1S/C7H10N2O2S2/c1-4(3-6(10)11)12-7-9-8-5(2)13-7/h4H,3H2,1-2H3,(H,10,11). The van der Waals surface area contributed by atoms with Crippen molar-refractivity contribution >= 4 is 29.1 Å². The van der Waals surface area contributed by atoms with Crippen molar-refractivity contribution in [2.75, 3.05) is 0 Å². The maximum absolute atomic E-state index is 10.4. The molecular weight excluding hydrogens is 208 g/mol. The van der Waals surface area contributed by atoms with Crippen LogP contribution >= 0.6 is 23.1 Å². The van der Waals surface area contributed by atoms with E-state index in [2.05, 4.69) is 10.2 Å². The van der Waals surface area contributed by atoms with Crippen LogP contribution < -0.4 is 0 Å². The fraction of sp³-hybridized carbons (Fsp3) is 0.571. The first-order chi connectivity index (χ1) is 6.08. The molecule has 1 rings (SSSR count). The molecule has 0 bridgehead atoms. The monoisotopic (exact) mass is 218 g/mol. The van der Waals surface area contributed by atoms with Gasteiger partial charge in [-0.3, -0.25) is 4.79 Å². The molecular formula is C7H10N2O2S2. The van der Waals surface area contributed by atoms with Gasteiger partial charge in [0.25, 0.3) is 0 Å². The lowest BCUT2D eigenvalue weighted by molar-refractivity contribution is -0.136. The SMILES string of the molecule is Cc1nnc(SC(C)CC(=O)O)s1. The van der Waals surface area contributed by atoms with E-state index in [0.717, 1.165) is 9.35 Å². The second-order valence-electron chi connectivity index (χ2n) is 2.61. The maximum Gasteiger partial charge on any atom is 0.304 e. The molecule has 0 aliphatic rings.